The number of aromatic nitrogens is 4. The van der Waals surface area contributed by atoms with Crippen LogP contribution >= 0.6 is 0 Å². The third kappa shape index (κ3) is 4.42. The van der Waals surface area contributed by atoms with Gasteiger partial charge in [0.1, 0.15) is 5.82 Å². The number of rotatable bonds is 4. The number of nitrogens with two attached hydrogens (primary N) is 1. The molecule has 0 saturated carbocycles. The summed E-state index contributed by atoms with van der Waals surface area (Å²) in [6.45, 7) is 2.64. The molecule has 1 aliphatic rings. The summed E-state index contributed by atoms with van der Waals surface area (Å²) in [4.78, 5) is 34.2. The molecule has 138 valence electrons. The number of nitrogens with one attached hydrogen (secondary N) is 2. The van der Waals surface area contributed by atoms with Crippen LogP contribution in [0.5, 0.6) is 0 Å². The first kappa shape index (κ1) is 18.0. The second-order valence-corrected chi connectivity index (χ2v) is 6.52. The van der Waals surface area contributed by atoms with Gasteiger partial charge >= 0.3 is 0 Å². The lowest BCUT2D eigenvalue weighted by atomic mass is 10.0. The smallest absolute Gasteiger partial charge is 0.225 e. The normalized spacial score (nSPS) is 20.5. The molecule has 2 aromatic heterocycles. The predicted molar refractivity (Wildman–Crippen MR) is 94.4 cm³/mol. The van der Waals surface area contributed by atoms with Crippen molar-refractivity contribution in [2.24, 2.45) is 11.7 Å². The lowest BCUT2D eigenvalue weighted by Gasteiger charge is -2.23. The van der Waals surface area contributed by atoms with E-state index < -0.39 is 0 Å². The van der Waals surface area contributed by atoms with Gasteiger partial charge in [0.25, 0.3) is 0 Å². The van der Waals surface area contributed by atoms with Crippen LogP contribution in [0.1, 0.15) is 25.6 Å². The highest BCUT2D eigenvalue weighted by Gasteiger charge is 2.28. The van der Waals surface area contributed by atoms with E-state index in [2.05, 4.69) is 25.5 Å². The molecule has 0 spiro atoms. The quantitative estimate of drug-likeness (QED) is 0.710. The zero-order valence-electron chi connectivity index (χ0n) is 14.7. The largest absolute Gasteiger partial charge is 0.349 e. The van der Waals surface area contributed by atoms with Crippen molar-refractivity contribution in [2.45, 2.75) is 32.4 Å². The number of hydrogen-bond donors (Lipinski definition) is 3. The minimum Gasteiger partial charge on any atom is -0.349 e. The summed E-state index contributed by atoms with van der Waals surface area (Å²) in [6, 6.07) is 3.54. The number of hydrogen-bond acceptors (Lipinski definition) is 6. The molecule has 0 aromatic carbocycles. The summed E-state index contributed by atoms with van der Waals surface area (Å²) in [5, 5.41) is 9.85. The van der Waals surface area contributed by atoms with Gasteiger partial charge in [0.15, 0.2) is 5.82 Å². The van der Waals surface area contributed by atoms with E-state index in [0.717, 1.165) is 12.0 Å². The Balaban J connectivity index is 1.58. The predicted octanol–water partition coefficient (Wildman–Crippen LogP) is 0.0687. The second kappa shape index (κ2) is 8.05. The summed E-state index contributed by atoms with van der Waals surface area (Å²) in [5.41, 5.74) is 6.85. The zero-order valence-corrected chi connectivity index (χ0v) is 14.7. The zero-order chi connectivity index (χ0) is 18.5. The number of amides is 2. The van der Waals surface area contributed by atoms with Gasteiger partial charge in [-0.15, -0.1) is 0 Å². The summed E-state index contributed by atoms with van der Waals surface area (Å²) < 4.78 is 0. The maximum atomic E-state index is 12.5. The monoisotopic (exact) mass is 357 g/mol. The van der Waals surface area contributed by atoms with E-state index >= 15 is 0 Å². The van der Waals surface area contributed by atoms with Crippen molar-refractivity contribution in [1.82, 2.24) is 30.4 Å². The maximum absolute atomic E-state index is 12.5. The van der Waals surface area contributed by atoms with E-state index in [1.807, 2.05) is 12.1 Å². The van der Waals surface area contributed by atoms with Gasteiger partial charge in [0.05, 0.1) is 12.5 Å². The number of carbonyl (C=O) groups excluding carboxylic acids is 2. The molecule has 3 rings (SSSR count). The van der Waals surface area contributed by atoms with Crippen molar-refractivity contribution in [1.29, 1.82) is 0 Å². The SMILES string of the molecule is CC(=O)N1C[C@@H](N)CC[C@@H](C(=O)NCc2nc(-c3ccncc3)n[nH]2)C1. The number of aromatic amines is 1. The van der Waals surface area contributed by atoms with Gasteiger partial charge in [0, 0.05) is 44.0 Å². The highest BCUT2D eigenvalue weighted by Crippen LogP contribution is 2.17. The molecule has 4 N–H and O–H groups in total. The molecule has 0 aliphatic carbocycles. The summed E-state index contributed by atoms with van der Waals surface area (Å²) in [7, 11) is 0. The van der Waals surface area contributed by atoms with Crippen molar-refractivity contribution >= 4 is 11.8 Å². The first-order valence-corrected chi connectivity index (χ1v) is 8.63. The molecule has 1 aliphatic heterocycles. The van der Waals surface area contributed by atoms with Crippen molar-refractivity contribution in [3.8, 4) is 11.4 Å². The Hall–Kier alpha value is -2.81. The van der Waals surface area contributed by atoms with Gasteiger partial charge < -0.3 is 16.0 Å². The van der Waals surface area contributed by atoms with Gasteiger partial charge in [-0.1, -0.05) is 0 Å². The summed E-state index contributed by atoms with van der Waals surface area (Å²) >= 11 is 0. The number of carbonyl (C=O) groups is 2. The lowest BCUT2D eigenvalue weighted by molar-refractivity contribution is -0.131. The highest BCUT2D eigenvalue weighted by atomic mass is 16.2. The van der Waals surface area contributed by atoms with Crippen LogP contribution in [0.15, 0.2) is 24.5 Å². The van der Waals surface area contributed by atoms with Crippen molar-refractivity contribution < 1.29 is 9.59 Å². The Bertz CT molecular complexity index is 761. The fourth-order valence-electron chi connectivity index (χ4n) is 3.01. The van der Waals surface area contributed by atoms with E-state index in [1.165, 1.54) is 6.92 Å². The van der Waals surface area contributed by atoms with E-state index in [0.29, 0.717) is 31.2 Å². The number of likely N-dealkylation sites (tertiary alicyclic amines) is 1. The van der Waals surface area contributed by atoms with Crippen LogP contribution in [0.2, 0.25) is 0 Å². The van der Waals surface area contributed by atoms with Crippen LogP contribution in [-0.2, 0) is 16.1 Å². The molecule has 0 unspecified atom stereocenters. The van der Waals surface area contributed by atoms with Gasteiger partial charge in [-0.05, 0) is 25.0 Å². The fraction of sp³-hybridized carbons (Fsp3) is 0.471. The molecule has 2 atom stereocenters. The van der Waals surface area contributed by atoms with Gasteiger partial charge in [0.2, 0.25) is 11.8 Å². The minimum absolute atomic E-state index is 0.0580. The molecule has 9 nitrogen and oxygen atoms in total. The Kier molecular flexibility index (Phi) is 5.57. The molecule has 2 aromatic rings. The standard InChI is InChI=1S/C17H23N7O2/c1-11(25)24-9-13(2-3-14(18)10-24)17(26)20-8-15-21-16(23-22-15)12-4-6-19-7-5-12/h4-7,13-14H,2-3,8-10,18H2,1H3,(H,20,26)(H,21,22,23)/t13-,14+/m1/s1. The Morgan fingerprint density at radius 3 is 2.81 bits per heavy atom. The summed E-state index contributed by atoms with van der Waals surface area (Å²) in [5.74, 6) is 0.693. The minimum atomic E-state index is -0.268. The second-order valence-electron chi connectivity index (χ2n) is 6.52. The van der Waals surface area contributed by atoms with Crippen LogP contribution in [-0.4, -0.2) is 56.0 Å². The Morgan fingerprint density at radius 2 is 2.08 bits per heavy atom. The van der Waals surface area contributed by atoms with Crippen molar-refractivity contribution in [3.05, 3.63) is 30.4 Å². The number of H-pyrrole nitrogens is 1. The lowest BCUT2D eigenvalue weighted by Crippen LogP contribution is -2.42. The first-order chi connectivity index (χ1) is 12.5. The van der Waals surface area contributed by atoms with Crippen LogP contribution in [0.4, 0.5) is 0 Å². The van der Waals surface area contributed by atoms with E-state index in [-0.39, 0.29) is 30.3 Å². The molecule has 0 radical (unpaired) electrons. The van der Waals surface area contributed by atoms with E-state index in [4.69, 9.17) is 5.73 Å². The fourth-order valence-corrected chi connectivity index (χ4v) is 3.01. The van der Waals surface area contributed by atoms with Crippen LogP contribution in [0.3, 0.4) is 0 Å². The molecule has 3 heterocycles. The average Bonchev–Trinajstić information content (AvgIpc) is 3.02. The van der Waals surface area contributed by atoms with Gasteiger partial charge in [-0.2, -0.15) is 5.10 Å². The summed E-state index contributed by atoms with van der Waals surface area (Å²) in [6.07, 6.45) is 4.72. The van der Waals surface area contributed by atoms with Gasteiger partial charge in [-0.3, -0.25) is 19.7 Å². The average molecular weight is 357 g/mol. The maximum Gasteiger partial charge on any atom is 0.225 e. The molecule has 9 heteroatoms. The van der Waals surface area contributed by atoms with Crippen molar-refractivity contribution in [2.75, 3.05) is 13.1 Å². The first-order valence-electron chi connectivity index (χ1n) is 8.63. The Labute approximate surface area is 151 Å². The van der Waals surface area contributed by atoms with E-state index in [1.54, 1.807) is 17.3 Å². The molecular weight excluding hydrogens is 334 g/mol. The van der Waals surface area contributed by atoms with Crippen LogP contribution < -0.4 is 11.1 Å². The molecule has 2 amide bonds. The molecular formula is C17H23N7O2. The highest BCUT2D eigenvalue weighted by molar-refractivity contribution is 5.80. The topological polar surface area (TPSA) is 130 Å². The molecule has 1 fully saturated rings. The van der Waals surface area contributed by atoms with Crippen molar-refractivity contribution in [3.63, 3.8) is 0 Å². The van der Waals surface area contributed by atoms with Crippen LogP contribution in [0, 0.1) is 5.92 Å². The number of pyridine rings is 1. The Morgan fingerprint density at radius 1 is 1.31 bits per heavy atom. The molecule has 26 heavy (non-hydrogen) atoms. The third-order valence-corrected chi connectivity index (χ3v) is 4.50. The van der Waals surface area contributed by atoms with Gasteiger partial charge in [-0.25, -0.2) is 4.98 Å². The number of nitrogens with zero attached hydrogens (tertiary/aromatic N) is 4. The molecule has 0 bridgehead atoms. The van der Waals surface area contributed by atoms with E-state index in [9.17, 15) is 9.59 Å². The molecule has 1 saturated heterocycles. The van der Waals surface area contributed by atoms with Crippen LogP contribution in [0.25, 0.3) is 11.4 Å². The third-order valence-electron chi connectivity index (χ3n) is 4.50.